The number of carboxylic acid groups (broad SMARTS) is 2. The molecule has 4 nitrogen and oxygen atoms in total. The molecule has 5 heteroatoms. The summed E-state index contributed by atoms with van der Waals surface area (Å²) in [5.74, 6) is -3.67. The molecule has 0 heterocycles. The van der Waals surface area contributed by atoms with Crippen LogP contribution < -0.4 is 0 Å². The molecule has 0 saturated carbocycles. The molecule has 0 aromatic carbocycles. The van der Waals surface area contributed by atoms with E-state index in [-0.39, 0.29) is 32.6 Å². The van der Waals surface area contributed by atoms with Gasteiger partial charge in [0.15, 0.2) is 5.92 Å². The maximum atomic E-state index is 10.6. The van der Waals surface area contributed by atoms with E-state index in [1.165, 1.54) is 38.5 Å². The fourth-order valence-corrected chi connectivity index (χ4v) is 2.01. The molecular formula is C14H29BiO4. The Morgan fingerprint density at radius 3 is 1.53 bits per heavy atom. The Hall–Kier alpha value is -0.177. The van der Waals surface area contributed by atoms with E-state index in [1.54, 1.807) is 0 Å². The molecule has 0 spiro atoms. The van der Waals surface area contributed by atoms with E-state index in [1.807, 2.05) is 0 Å². The molecule has 0 bridgehead atoms. The zero-order valence-corrected chi connectivity index (χ0v) is 17.6. The number of hydrogen-bond acceptors (Lipinski definition) is 2. The Bertz CT molecular complexity index is 230. The van der Waals surface area contributed by atoms with Crippen molar-refractivity contribution in [2.24, 2.45) is 5.92 Å². The first-order valence-corrected chi connectivity index (χ1v) is 7.05. The van der Waals surface area contributed by atoms with Crippen LogP contribution in [0.1, 0.15) is 71.1 Å². The van der Waals surface area contributed by atoms with Crippen LogP contribution in [0.5, 0.6) is 0 Å². The van der Waals surface area contributed by atoms with Crippen molar-refractivity contribution >= 4 is 38.1 Å². The van der Waals surface area contributed by atoms with Crippen molar-refractivity contribution in [3.05, 3.63) is 0 Å². The second kappa shape index (κ2) is 14.2. The fraction of sp³-hybridized carbons (Fsp3) is 0.857. The predicted molar refractivity (Wildman–Crippen MR) is 80.5 cm³/mol. The average Bonchev–Trinajstić information content (AvgIpc) is 2.30. The SMILES string of the molecule is CCCCCCCCCCCC(C(=O)O)C(=O)O.[BiH3]. The van der Waals surface area contributed by atoms with Crippen molar-refractivity contribution in [2.75, 3.05) is 0 Å². The van der Waals surface area contributed by atoms with Gasteiger partial charge in [0, 0.05) is 0 Å². The van der Waals surface area contributed by atoms with Gasteiger partial charge in [0.1, 0.15) is 0 Å². The Kier molecular flexibility index (Phi) is 15.8. The molecule has 0 aliphatic rings. The normalized spacial score (nSPS) is 10.2. The summed E-state index contributed by atoms with van der Waals surface area (Å²) in [4.78, 5) is 21.3. The summed E-state index contributed by atoms with van der Waals surface area (Å²) in [6.07, 6.45) is 10.5. The molecule has 0 rings (SSSR count). The quantitative estimate of drug-likeness (QED) is 0.261. The standard InChI is InChI=1S/C14H26O4.Bi.3H/c1-2-3-4-5-6-7-8-9-10-11-12(13(15)16)14(17)18;;;;/h12H,2-11H2,1H3,(H,15,16)(H,17,18);;;;. The van der Waals surface area contributed by atoms with E-state index < -0.39 is 17.9 Å². The van der Waals surface area contributed by atoms with Gasteiger partial charge in [-0.2, -0.15) is 0 Å². The number of hydrogen-bond donors (Lipinski definition) is 2. The van der Waals surface area contributed by atoms with Gasteiger partial charge in [0.05, 0.1) is 0 Å². The van der Waals surface area contributed by atoms with Gasteiger partial charge in [-0.25, -0.2) is 0 Å². The molecule has 0 atom stereocenters. The molecule has 0 radical (unpaired) electrons. The Morgan fingerprint density at radius 1 is 0.789 bits per heavy atom. The number of rotatable bonds is 12. The fourth-order valence-electron chi connectivity index (χ4n) is 2.01. The molecule has 0 aliphatic heterocycles. The first-order chi connectivity index (χ1) is 8.59. The Balaban J connectivity index is 0. The third-order valence-electron chi connectivity index (χ3n) is 3.19. The van der Waals surface area contributed by atoms with Gasteiger partial charge in [0.25, 0.3) is 0 Å². The predicted octanol–water partition coefficient (Wildman–Crippen LogP) is 2.51. The molecule has 114 valence electrons. The van der Waals surface area contributed by atoms with Gasteiger partial charge in [-0.3, -0.25) is 9.59 Å². The zero-order chi connectivity index (χ0) is 13.8. The van der Waals surface area contributed by atoms with Crippen LogP contribution in [0.25, 0.3) is 0 Å². The number of carbonyl (C=O) groups is 2. The van der Waals surface area contributed by atoms with Crippen molar-refractivity contribution in [1.29, 1.82) is 0 Å². The van der Waals surface area contributed by atoms with Crippen LogP contribution in [0.3, 0.4) is 0 Å². The molecule has 19 heavy (non-hydrogen) atoms. The molecule has 0 aromatic heterocycles. The molecule has 0 fully saturated rings. The van der Waals surface area contributed by atoms with Crippen molar-refractivity contribution in [3.8, 4) is 0 Å². The summed E-state index contributed by atoms with van der Waals surface area (Å²) in [6, 6.07) is 0. The summed E-state index contributed by atoms with van der Waals surface area (Å²) < 4.78 is 0. The number of aliphatic carboxylic acids is 2. The number of carboxylic acids is 2. The average molecular weight is 470 g/mol. The molecule has 0 saturated heterocycles. The topological polar surface area (TPSA) is 74.6 Å². The van der Waals surface area contributed by atoms with Crippen molar-refractivity contribution in [2.45, 2.75) is 71.1 Å². The molecule has 0 aliphatic carbocycles. The van der Waals surface area contributed by atoms with Crippen LogP contribution in [-0.4, -0.2) is 48.4 Å². The second-order valence-electron chi connectivity index (χ2n) is 4.85. The van der Waals surface area contributed by atoms with Crippen LogP contribution in [0, 0.1) is 5.92 Å². The van der Waals surface area contributed by atoms with Gasteiger partial charge in [-0.1, -0.05) is 64.7 Å². The van der Waals surface area contributed by atoms with Gasteiger partial charge in [0.2, 0.25) is 0 Å². The second-order valence-corrected chi connectivity index (χ2v) is 4.85. The van der Waals surface area contributed by atoms with Crippen LogP contribution in [0.2, 0.25) is 0 Å². The molecule has 0 amide bonds. The first kappa shape index (κ1) is 21.1. The van der Waals surface area contributed by atoms with Crippen LogP contribution in [-0.2, 0) is 9.59 Å². The van der Waals surface area contributed by atoms with Gasteiger partial charge in [-0.05, 0) is 6.42 Å². The minimum atomic E-state index is -1.23. The third kappa shape index (κ3) is 12.6. The Morgan fingerprint density at radius 2 is 1.16 bits per heavy atom. The van der Waals surface area contributed by atoms with E-state index in [2.05, 4.69) is 6.92 Å². The van der Waals surface area contributed by atoms with Gasteiger partial charge >= 0.3 is 38.1 Å². The summed E-state index contributed by atoms with van der Waals surface area (Å²) in [5.41, 5.74) is 0. The van der Waals surface area contributed by atoms with Crippen molar-refractivity contribution < 1.29 is 19.8 Å². The zero-order valence-electron chi connectivity index (χ0n) is 12.1. The van der Waals surface area contributed by atoms with Gasteiger partial charge < -0.3 is 10.2 Å². The summed E-state index contributed by atoms with van der Waals surface area (Å²) in [5, 5.41) is 17.4. The first-order valence-electron chi connectivity index (χ1n) is 7.05. The van der Waals surface area contributed by atoms with Gasteiger partial charge in [-0.15, -0.1) is 0 Å². The van der Waals surface area contributed by atoms with E-state index in [0.717, 1.165) is 12.8 Å². The summed E-state index contributed by atoms with van der Waals surface area (Å²) in [7, 11) is 0. The Labute approximate surface area is 135 Å². The van der Waals surface area contributed by atoms with E-state index in [0.29, 0.717) is 6.42 Å². The van der Waals surface area contributed by atoms with Crippen molar-refractivity contribution in [3.63, 3.8) is 0 Å². The summed E-state index contributed by atoms with van der Waals surface area (Å²) >= 11 is 0. The van der Waals surface area contributed by atoms with E-state index >= 15 is 0 Å². The summed E-state index contributed by atoms with van der Waals surface area (Å²) in [6.45, 7) is 2.20. The maximum absolute atomic E-state index is 10.6. The molecular weight excluding hydrogens is 441 g/mol. The molecule has 0 aromatic rings. The van der Waals surface area contributed by atoms with Crippen molar-refractivity contribution in [1.82, 2.24) is 0 Å². The third-order valence-corrected chi connectivity index (χ3v) is 3.19. The van der Waals surface area contributed by atoms with E-state index in [4.69, 9.17) is 10.2 Å². The number of unbranched alkanes of at least 4 members (excludes halogenated alkanes) is 8. The van der Waals surface area contributed by atoms with Crippen LogP contribution in [0.15, 0.2) is 0 Å². The van der Waals surface area contributed by atoms with E-state index in [9.17, 15) is 9.59 Å². The van der Waals surface area contributed by atoms with Crippen LogP contribution >= 0.6 is 0 Å². The monoisotopic (exact) mass is 470 g/mol. The van der Waals surface area contributed by atoms with Crippen LogP contribution in [0.4, 0.5) is 0 Å². The molecule has 2 N–H and O–H groups in total. The minimum absolute atomic E-state index is 0. The molecule has 0 unspecified atom stereocenters.